The Bertz CT molecular complexity index is 927. The fraction of sp³-hybridized carbons (Fsp3) is 0.261. The van der Waals surface area contributed by atoms with Gasteiger partial charge in [-0.2, -0.15) is 0 Å². The van der Waals surface area contributed by atoms with E-state index >= 15 is 0 Å². The van der Waals surface area contributed by atoms with Crippen molar-refractivity contribution in [3.05, 3.63) is 88.4 Å². The number of benzene rings is 2. The number of rotatable bonds is 9. The number of aryl methyl sites for hydroxylation is 1. The quantitative estimate of drug-likeness (QED) is 0.423. The van der Waals surface area contributed by atoms with Gasteiger partial charge in [0.2, 0.25) is 0 Å². The Kier molecular flexibility index (Phi) is 7.79. The molecule has 0 radical (unpaired) electrons. The number of thioether (sulfide) groups is 1. The molecule has 0 saturated carbocycles. The van der Waals surface area contributed by atoms with Crippen LogP contribution in [0.5, 0.6) is 5.75 Å². The summed E-state index contributed by atoms with van der Waals surface area (Å²) in [6, 6.07) is 14.3. The van der Waals surface area contributed by atoms with Crippen LogP contribution in [-0.2, 0) is 17.7 Å². The fourth-order valence-electron chi connectivity index (χ4n) is 3.15. The summed E-state index contributed by atoms with van der Waals surface area (Å²) in [5.74, 6) is 1.65. The van der Waals surface area contributed by atoms with E-state index in [1.165, 1.54) is 12.1 Å². The number of hydrogen-bond acceptors (Lipinski definition) is 5. The maximum absolute atomic E-state index is 13.0. The third-order valence-corrected chi connectivity index (χ3v) is 5.79. The molecule has 1 N–H and O–H groups in total. The lowest BCUT2D eigenvalue weighted by Gasteiger charge is -2.29. The summed E-state index contributed by atoms with van der Waals surface area (Å²) in [7, 11) is 1.63. The fourth-order valence-corrected chi connectivity index (χ4v) is 4.21. The van der Waals surface area contributed by atoms with Crippen LogP contribution in [0, 0.1) is 5.82 Å². The Morgan fingerprint density at radius 1 is 1.20 bits per heavy atom. The van der Waals surface area contributed by atoms with Gasteiger partial charge >= 0.3 is 6.16 Å². The SMILES string of the molecule is COc1cccc(CN2CC=CC(OC(=O)O)=C2SCCCc2ccc(F)cc2)c1. The second-order valence-corrected chi connectivity index (χ2v) is 7.83. The number of carbonyl (C=O) groups is 1. The van der Waals surface area contributed by atoms with Crippen LogP contribution in [0.3, 0.4) is 0 Å². The Hall–Kier alpha value is -2.93. The molecule has 158 valence electrons. The average molecular weight is 430 g/mol. The molecule has 0 unspecified atom stereocenters. The van der Waals surface area contributed by atoms with E-state index in [4.69, 9.17) is 14.6 Å². The monoisotopic (exact) mass is 429 g/mol. The topological polar surface area (TPSA) is 59.0 Å². The van der Waals surface area contributed by atoms with Crippen LogP contribution in [0.15, 0.2) is 71.5 Å². The molecule has 0 saturated heterocycles. The summed E-state index contributed by atoms with van der Waals surface area (Å²) in [6.45, 7) is 1.26. The number of hydrogen-bond donors (Lipinski definition) is 1. The minimum absolute atomic E-state index is 0.240. The molecular weight excluding hydrogens is 405 g/mol. The van der Waals surface area contributed by atoms with E-state index in [2.05, 4.69) is 4.90 Å². The first-order valence-corrected chi connectivity index (χ1v) is 10.6. The van der Waals surface area contributed by atoms with Gasteiger partial charge in [-0.1, -0.05) is 30.3 Å². The van der Waals surface area contributed by atoms with Gasteiger partial charge in [-0.25, -0.2) is 9.18 Å². The van der Waals surface area contributed by atoms with Gasteiger partial charge in [0, 0.05) is 13.1 Å². The highest BCUT2D eigenvalue weighted by atomic mass is 32.2. The predicted octanol–water partition coefficient (Wildman–Crippen LogP) is 5.44. The van der Waals surface area contributed by atoms with Crippen molar-refractivity contribution in [2.45, 2.75) is 19.4 Å². The average Bonchev–Trinajstić information content (AvgIpc) is 2.73. The van der Waals surface area contributed by atoms with Crippen LogP contribution >= 0.6 is 11.8 Å². The lowest BCUT2D eigenvalue weighted by molar-refractivity contribution is 0.119. The van der Waals surface area contributed by atoms with Gasteiger partial charge in [-0.3, -0.25) is 0 Å². The number of allylic oxidation sites excluding steroid dienone is 1. The lowest BCUT2D eigenvalue weighted by Crippen LogP contribution is -2.26. The third-order valence-electron chi connectivity index (χ3n) is 4.56. The minimum atomic E-state index is -1.33. The lowest BCUT2D eigenvalue weighted by atomic mass is 10.1. The zero-order valence-electron chi connectivity index (χ0n) is 16.7. The molecule has 1 aliphatic heterocycles. The summed E-state index contributed by atoms with van der Waals surface area (Å²) in [5, 5.41) is 9.90. The van der Waals surface area contributed by atoms with Crippen molar-refractivity contribution in [2.75, 3.05) is 19.4 Å². The Morgan fingerprint density at radius 3 is 2.73 bits per heavy atom. The molecule has 2 aromatic rings. The molecule has 0 aliphatic carbocycles. The molecule has 7 heteroatoms. The summed E-state index contributed by atoms with van der Waals surface area (Å²) in [4.78, 5) is 13.2. The van der Waals surface area contributed by atoms with Crippen molar-refractivity contribution in [3.63, 3.8) is 0 Å². The van der Waals surface area contributed by atoms with Gasteiger partial charge in [0.1, 0.15) is 16.6 Å². The summed E-state index contributed by atoms with van der Waals surface area (Å²) in [6.07, 6.45) is 3.96. The Balaban J connectivity index is 1.68. The molecule has 0 bridgehead atoms. The van der Waals surface area contributed by atoms with Crippen LogP contribution in [0.4, 0.5) is 9.18 Å². The molecule has 0 fully saturated rings. The first kappa shape index (κ1) is 21.8. The zero-order valence-corrected chi connectivity index (χ0v) is 17.5. The maximum Gasteiger partial charge on any atom is 0.511 e. The molecule has 1 heterocycles. The number of ether oxygens (including phenoxy) is 2. The highest BCUT2D eigenvalue weighted by molar-refractivity contribution is 8.03. The van der Waals surface area contributed by atoms with Gasteiger partial charge in [-0.15, -0.1) is 11.8 Å². The number of nitrogens with zero attached hydrogens (tertiary/aromatic N) is 1. The first-order valence-electron chi connectivity index (χ1n) is 9.62. The van der Waals surface area contributed by atoms with E-state index in [9.17, 15) is 9.18 Å². The van der Waals surface area contributed by atoms with Crippen molar-refractivity contribution in [2.24, 2.45) is 0 Å². The van der Waals surface area contributed by atoms with Crippen LogP contribution in [-0.4, -0.2) is 35.6 Å². The van der Waals surface area contributed by atoms with Crippen molar-refractivity contribution in [1.29, 1.82) is 0 Å². The molecule has 1 aliphatic rings. The van der Waals surface area contributed by atoms with Crippen molar-refractivity contribution < 1.29 is 23.8 Å². The minimum Gasteiger partial charge on any atom is -0.497 e. The van der Waals surface area contributed by atoms with Crippen LogP contribution in [0.2, 0.25) is 0 Å². The second-order valence-electron chi connectivity index (χ2n) is 6.75. The number of carboxylic acid groups (broad SMARTS) is 1. The van der Waals surface area contributed by atoms with Crippen LogP contribution in [0.1, 0.15) is 17.5 Å². The highest BCUT2D eigenvalue weighted by Gasteiger charge is 2.21. The van der Waals surface area contributed by atoms with E-state index in [0.717, 1.165) is 40.5 Å². The van der Waals surface area contributed by atoms with Crippen molar-refractivity contribution >= 4 is 17.9 Å². The normalized spacial score (nSPS) is 13.5. The van der Waals surface area contributed by atoms with E-state index in [1.807, 2.05) is 30.3 Å². The predicted molar refractivity (Wildman–Crippen MR) is 116 cm³/mol. The molecule has 3 rings (SSSR count). The van der Waals surface area contributed by atoms with Crippen LogP contribution < -0.4 is 4.74 Å². The first-order chi connectivity index (χ1) is 14.5. The Morgan fingerprint density at radius 2 is 2.00 bits per heavy atom. The summed E-state index contributed by atoms with van der Waals surface area (Å²) in [5.41, 5.74) is 2.13. The van der Waals surface area contributed by atoms with E-state index in [-0.39, 0.29) is 5.82 Å². The van der Waals surface area contributed by atoms with E-state index in [1.54, 1.807) is 37.1 Å². The van der Waals surface area contributed by atoms with Gasteiger partial charge in [-0.05, 0) is 60.1 Å². The van der Waals surface area contributed by atoms with E-state index in [0.29, 0.717) is 18.8 Å². The van der Waals surface area contributed by atoms with Crippen LogP contribution in [0.25, 0.3) is 0 Å². The highest BCUT2D eigenvalue weighted by Crippen LogP contribution is 2.31. The molecule has 0 aromatic heterocycles. The molecule has 2 aromatic carbocycles. The van der Waals surface area contributed by atoms with Gasteiger partial charge in [0.05, 0.1) is 7.11 Å². The van der Waals surface area contributed by atoms with Crippen molar-refractivity contribution in [1.82, 2.24) is 4.90 Å². The van der Waals surface area contributed by atoms with Gasteiger partial charge < -0.3 is 19.5 Å². The van der Waals surface area contributed by atoms with E-state index < -0.39 is 6.16 Å². The zero-order chi connectivity index (χ0) is 21.3. The smallest absolute Gasteiger partial charge is 0.497 e. The molecule has 0 spiro atoms. The molecule has 5 nitrogen and oxygen atoms in total. The molecular formula is C23H24FNO4S. The standard InChI is InChI=1S/C23H24FNO4S/c1-28-20-7-2-5-18(15-20)16-25-13-3-8-21(29-23(26)27)22(25)30-14-4-6-17-9-11-19(24)12-10-17/h2-3,5,7-12,15H,4,6,13-14,16H2,1H3,(H,26,27). The summed E-state index contributed by atoms with van der Waals surface area (Å²) >= 11 is 1.57. The molecule has 30 heavy (non-hydrogen) atoms. The third kappa shape index (κ3) is 6.29. The maximum atomic E-state index is 13.0. The molecule has 0 atom stereocenters. The Labute approximate surface area is 179 Å². The molecule has 0 amide bonds. The largest absolute Gasteiger partial charge is 0.511 e. The van der Waals surface area contributed by atoms with Gasteiger partial charge in [0.15, 0.2) is 5.76 Å². The van der Waals surface area contributed by atoms with Crippen molar-refractivity contribution in [3.8, 4) is 5.75 Å². The summed E-state index contributed by atoms with van der Waals surface area (Å²) < 4.78 is 23.4. The van der Waals surface area contributed by atoms with Gasteiger partial charge in [0.25, 0.3) is 0 Å². The second kappa shape index (κ2) is 10.7. The number of methoxy groups -OCH3 is 1. The number of halogens is 1.